The Kier molecular flexibility index (Phi) is 5.49. The lowest BCUT2D eigenvalue weighted by molar-refractivity contribution is -0.139. The van der Waals surface area contributed by atoms with E-state index in [1.807, 2.05) is 48.5 Å². The van der Waals surface area contributed by atoms with Gasteiger partial charge in [0.25, 0.3) is 0 Å². The number of nitrogen functional groups attached to an aromatic ring is 1. The second-order valence-electron chi connectivity index (χ2n) is 7.46. The normalized spacial score (nSPS) is 13.2. The first kappa shape index (κ1) is 20.3. The molecule has 1 atom stereocenters. The summed E-state index contributed by atoms with van der Waals surface area (Å²) in [5, 5.41) is 21.4. The van der Waals surface area contributed by atoms with Gasteiger partial charge < -0.3 is 26.0 Å². The molecular weight excluding hydrogens is 396 g/mol. The van der Waals surface area contributed by atoms with E-state index in [-0.39, 0.29) is 30.4 Å². The Bertz CT molecular complexity index is 1100. The maximum absolute atomic E-state index is 12.4. The van der Waals surface area contributed by atoms with Crippen molar-refractivity contribution in [2.45, 2.75) is 18.4 Å². The molecule has 1 aliphatic carbocycles. The number of phenols is 1. The van der Waals surface area contributed by atoms with E-state index in [9.17, 15) is 19.8 Å². The monoisotopic (exact) mass is 418 g/mol. The van der Waals surface area contributed by atoms with E-state index in [4.69, 9.17) is 10.5 Å². The van der Waals surface area contributed by atoms with E-state index in [2.05, 4.69) is 5.32 Å². The van der Waals surface area contributed by atoms with Gasteiger partial charge in [-0.15, -0.1) is 0 Å². The van der Waals surface area contributed by atoms with Crippen LogP contribution in [0.25, 0.3) is 11.1 Å². The van der Waals surface area contributed by atoms with Crippen LogP contribution in [0.5, 0.6) is 5.75 Å². The Labute approximate surface area is 179 Å². The number of phenolic OH excluding ortho intramolecular Hbond substituents is 1. The van der Waals surface area contributed by atoms with Gasteiger partial charge in [0.15, 0.2) is 0 Å². The third-order valence-corrected chi connectivity index (χ3v) is 5.47. The quantitative estimate of drug-likeness (QED) is 0.359. The van der Waals surface area contributed by atoms with Crippen molar-refractivity contribution in [3.05, 3.63) is 83.4 Å². The fourth-order valence-electron chi connectivity index (χ4n) is 3.95. The zero-order chi connectivity index (χ0) is 22.0. The predicted molar refractivity (Wildman–Crippen MR) is 116 cm³/mol. The first-order valence-corrected chi connectivity index (χ1v) is 9.85. The molecule has 7 heteroatoms. The fourth-order valence-corrected chi connectivity index (χ4v) is 3.95. The molecular formula is C24H22N2O5. The van der Waals surface area contributed by atoms with Crippen LogP contribution in [0.4, 0.5) is 10.5 Å². The summed E-state index contributed by atoms with van der Waals surface area (Å²) in [4.78, 5) is 24.0. The molecule has 1 amide bonds. The van der Waals surface area contributed by atoms with Crippen LogP contribution in [-0.4, -0.2) is 34.9 Å². The summed E-state index contributed by atoms with van der Waals surface area (Å²) < 4.78 is 5.42. The highest BCUT2D eigenvalue weighted by Gasteiger charge is 2.29. The zero-order valence-corrected chi connectivity index (χ0v) is 16.6. The van der Waals surface area contributed by atoms with E-state index in [1.165, 1.54) is 12.1 Å². The fraction of sp³-hybridized carbons (Fsp3) is 0.167. The number of carbonyl (C=O) groups excluding carboxylic acids is 1. The van der Waals surface area contributed by atoms with Crippen LogP contribution in [0.3, 0.4) is 0 Å². The molecule has 31 heavy (non-hydrogen) atoms. The van der Waals surface area contributed by atoms with Crippen LogP contribution < -0.4 is 11.1 Å². The Balaban J connectivity index is 1.43. The van der Waals surface area contributed by atoms with Gasteiger partial charge in [0, 0.05) is 12.3 Å². The van der Waals surface area contributed by atoms with Gasteiger partial charge in [-0.2, -0.15) is 0 Å². The van der Waals surface area contributed by atoms with Gasteiger partial charge in [-0.05, 0) is 39.9 Å². The first-order chi connectivity index (χ1) is 14.9. The van der Waals surface area contributed by atoms with Crippen molar-refractivity contribution in [1.82, 2.24) is 5.32 Å². The first-order valence-electron chi connectivity index (χ1n) is 9.85. The maximum atomic E-state index is 12.4. The Hall–Kier alpha value is -4.00. The van der Waals surface area contributed by atoms with Crippen LogP contribution in [0.2, 0.25) is 0 Å². The predicted octanol–water partition coefficient (Wildman–Crippen LogP) is 3.51. The van der Waals surface area contributed by atoms with Crippen LogP contribution in [0, 0.1) is 0 Å². The number of rotatable bonds is 6. The zero-order valence-electron chi connectivity index (χ0n) is 16.6. The molecule has 0 fully saturated rings. The second kappa shape index (κ2) is 8.39. The minimum absolute atomic E-state index is 0.00398. The van der Waals surface area contributed by atoms with Gasteiger partial charge in [0.05, 0.1) is 5.69 Å². The molecule has 0 saturated carbocycles. The number of anilines is 1. The Morgan fingerprint density at radius 1 is 1.00 bits per heavy atom. The standard InChI is InChI=1S/C24H22N2O5/c25-20-11-14(9-10-22(20)27)12-21(23(28)29)26-24(30)31-13-19-17-7-3-1-5-15(17)16-6-2-4-8-18(16)19/h1-11,19,21,27H,12-13,25H2,(H,26,30)(H,28,29). The molecule has 7 nitrogen and oxygen atoms in total. The van der Waals surface area contributed by atoms with Crippen molar-refractivity contribution in [3.8, 4) is 16.9 Å². The molecule has 1 aliphatic rings. The summed E-state index contributed by atoms with van der Waals surface area (Å²) in [6.07, 6.45) is -0.801. The molecule has 5 N–H and O–H groups in total. The summed E-state index contributed by atoms with van der Waals surface area (Å²) >= 11 is 0. The number of fused-ring (bicyclic) bond motifs is 3. The van der Waals surface area contributed by atoms with Crippen molar-refractivity contribution < 1.29 is 24.5 Å². The van der Waals surface area contributed by atoms with Crippen LogP contribution in [0.15, 0.2) is 66.7 Å². The molecule has 4 rings (SSSR count). The molecule has 0 radical (unpaired) electrons. The number of carbonyl (C=O) groups is 2. The average Bonchev–Trinajstić information content (AvgIpc) is 3.08. The molecule has 3 aromatic carbocycles. The van der Waals surface area contributed by atoms with Crippen LogP contribution >= 0.6 is 0 Å². The summed E-state index contributed by atoms with van der Waals surface area (Å²) in [6.45, 7) is 0.0956. The molecule has 158 valence electrons. The Morgan fingerprint density at radius 3 is 2.19 bits per heavy atom. The molecule has 0 saturated heterocycles. The third kappa shape index (κ3) is 4.16. The lowest BCUT2D eigenvalue weighted by Gasteiger charge is -2.18. The van der Waals surface area contributed by atoms with Crippen LogP contribution in [-0.2, 0) is 16.0 Å². The van der Waals surface area contributed by atoms with Crippen molar-refractivity contribution in [2.75, 3.05) is 12.3 Å². The van der Waals surface area contributed by atoms with E-state index in [0.29, 0.717) is 5.56 Å². The molecule has 0 spiro atoms. The van der Waals surface area contributed by atoms with Crippen molar-refractivity contribution in [2.24, 2.45) is 0 Å². The number of alkyl carbamates (subject to hydrolysis) is 1. The second-order valence-corrected chi connectivity index (χ2v) is 7.46. The van der Waals surface area contributed by atoms with Crippen LogP contribution in [0.1, 0.15) is 22.6 Å². The molecule has 1 unspecified atom stereocenters. The number of aromatic hydroxyl groups is 1. The molecule has 0 aromatic heterocycles. The summed E-state index contributed by atoms with van der Waals surface area (Å²) in [7, 11) is 0. The summed E-state index contributed by atoms with van der Waals surface area (Å²) in [6, 6.07) is 19.2. The third-order valence-electron chi connectivity index (χ3n) is 5.47. The minimum Gasteiger partial charge on any atom is -0.506 e. The largest absolute Gasteiger partial charge is 0.506 e. The van der Waals surface area contributed by atoms with E-state index in [1.54, 1.807) is 6.07 Å². The molecule has 0 heterocycles. The molecule has 0 bridgehead atoms. The van der Waals surface area contributed by atoms with Gasteiger partial charge >= 0.3 is 12.1 Å². The van der Waals surface area contributed by atoms with Gasteiger partial charge in [-0.25, -0.2) is 9.59 Å². The number of hydrogen-bond acceptors (Lipinski definition) is 5. The lowest BCUT2D eigenvalue weighted by Crippen LogP contribution is -2.42. The molecule has 3 aromatic rings. The molecule has 0 aliphatic heterocycles. The Morgan fingerprint density at radius 2 is 1.61 bits per heavy atom. The highest BCUT2D eigenvalue weighted by Crippen LogP contribution is 2.44. The summed E-state index contributed by atoms with van der Waals surface area (Å²) in [5.74, 6) is -1.39. The number of amides is 1. The minimum atomic E-state index is -1.19. The van der Waals surface area contributed by atoms with E-state index >= 15 is 0 Å². The van der Waals surface area contributed by atoms with Gasteiger partial charge in [0.1, 0.15) is 18.4 Å². The van der Waals surface area contributed by atoms with Crippen molar-refractivity contribution in [1.29, 1.82) is 0 Å². The maximum Gasteiger partial charge on any atom is 0.407 e. The van der Waals surface area contributed by atoms with Crippen molar-refractivity contribution in [3.63, 3.8) is 0 Å². The number of nitrogens with one attached hydrogen (secondary N) is 1. The smallest absolute Gasteiger partial charge is 0.407 e. The number of ether oxygens (including phenoxy) is 1. The van der Waals surface area contributed by atoms with Gasteiger partial charge in [-0.3, -0.25) is 0 Å². The van der Waals surface area contributed by atoms with Crippen molar-refractivity contribution >= 4 is 17.7 Å². The number of aliphatic carboxylic acids is 1. The highest BCUT2D eigenvalue weighted by atomic mass is 16.5. The number of benzene rings is 3. The van der Waals surface area contributed by atoms with E-state index < -0.39 is 18.1 Å². The lowest BCUT2D eigenvalue weighted by atomic mass is 9.98. The topological polar surface area (TPSA) is 122 Å². The summed E-state index contributed by atoms with van der Waals surface area (Å²) in [5.41, 5.74) is 10.7. The number of nitrogens with two attached hydrogens (primary N) is 1. The van der Waals surface area contributed by atoms with Gasteiger partial charge in [0.2, 0.25) is 0 Å². The highest BCUT2D eigenvalue weighted by molar-refractivity contribution is 5.81. The number of carboxylic acid groups (broad SMARTS) is 1. The SMILES string of the molecule is Nc1cc(CC(NC(=O)OCC2c3ccccc3-c3ccccc32)C(=O)O)ccc1O. The number of hydrogen-bond donors (Lipinski definition) is 4. The van der Waals surface area contributed by atoms with Gasteiger partial charge in [-0.1, -0.05) is 54.6 Å². The number of carboxylic acids is 1. The van der Waals surface area contributed by atoms with E-state index in [0.717, 1.165) is 22.3 Å². The average molecular weight is 418 g/mol.